The summed E-state index contributed by atoms with van der Waals surface area (Å²) >= 11 is 3.56. The monoisotopic (exact) mass is 334 g/mol. The molecular weight excluding hydrogens is 316 g/mol. The molecule has 0 aliphatic carbocycles. The second-order valence-electron chi connectivity index (χ2n) is 4.56. The molecule has 1 atom stereocenters. The average Bonchev–Trinajstić information content (AvgIpc) is 2.45. The molecule has 0 aliphatic rings. The fourth-order valence-electron chi connectivity index (χ4n) is 2.25. The smallest absolute Gasteiger partial charge is 0.119 e. The highest BCUT2D eigenvalue weighted by Gasteiger charge is 2.16. The van der Waals surface area contributed by atoms with Crippen LogP contribution in [0.15, 0.2) is 46.9 Å². The lowest BCUT2D eigenvalue weighted by Crippen LogP contribution is -2.29. The largest absolute Gasteiger partial charge is 0.494 e. The maximum absolute atomic E-state index is 5.77. The van der Waals surface area contributed by atoms with Crippen LogP contribution in [0.4, 0.5) is 0 Å². The van der Waals surface area contributed by atoms with Crippen LogP contribution >= 0.6 is 15.9 Å². The van der Waals surface area contributed by atoms with E-state index in [0.717, 1.165) is 21.3 Å². The summed E-state index contributed by atoms with van der Waals surface area (Å²) in [7, 11) is 0. The number of benzene rings is 2. The fourth-order valence-corrected chi connectivity index (χ4v) is 2.63. The lowest BCUT2D eigenvalue weighted by Gasteiger charge is -2.20. The highest BCUT2D eigenvalue weighted by atomic mass is 79.9. The van der Waals surface area contributed by atoms with Crippen molar-refractivity contribution in [3.8, 4) is 5.75 Å². The molecule has 0 fully saturated rings. The molecule has 0 heterocycles. The van der Waals surface area contributed by atoms with E-state index in [2.05, 4.69) is 34.3 Å². The van der Waals surface area contributed by atoms with Gasteiger partial charge in [-0.2, -0.15) is 0 Å². The zero-order chi connectivity index (χ0) is 14.5. The van der Waals surface area contributed by atoms with Gasteiger partial charge in [0.15, 0.2) is 0 Å². The average molecular weight is 335 g/mol. The van der Waals surface area contributed by atoms with E-state index >= 15 is 0 Å². The molecule has 2 aromatic carbocycles. The van der Waals surface area contributed by atoms with Crippen LogP contribution in [0.25, 0.3) is 0 Å². The summed E-state index contributed by atoms with van der Waals surface area (Å²) in [4.78, 5) is 0. The van der Waals surface area contributed by atoms with Gasteiger partial charge in [0.2, 0.25) is 0 Å². The highest BCUT2D eigenvalue weighted by molar-refractivity contribution is 9.10. The van der Waals surface area contributed by atoms with Crippen LogP contribution in [-0.4, -0.2) is 6.61 Å². The Morgan fingerprint density at radius 3 is 2.70 bits per heavy atom. The van der Waals surface area contributed by atoms with Crippen molar-refractivity contribution in [1.29, 1.82) is 0 Å². The molecule has 0 bridgehead atoms. The molecule has 0 saturated carbocycles. The Morgan fingerprint density at radius 1 is 1.25 bits per heavy atom. The Bertz CT molecular complexity index is 586. The Balaban J connectivity index is 2.41. The van der Waals surface area contributed by atoms with Gasteiger partial charge in [0.05, 0.1) is 12.6 Å². The number of nitrogens with one attached hydrogen (secondary N) is 1. The molecule has 0 radical (unpaired) electrons. The van der Waals surface area contributed by atoms with Crippen LogP contribution in [0.1, 0.15) is 29.7 Å². The molecule has 3 nitrogen and oxygen atoms in total. The van der Waals surface area contributed by atoms with Gasteiger partial charge >= 0.3 is 0 Å². The molecule has 2 aromatic rings. The number of rotatable bonds is 5. The molecule has 1 unspecified atom stereocenters. The second-order valence-corrected chi connectivity index (χ2v) is 5.41. The first kappa shape index (κ1) is 15.0. The van der Waals surface area contributed by atoms with E-state index in [1.807, 2.05) is 43.3 Å². The molecule has 20 heavy (non-hydrogen) atoms. The Hall–Kier alpha value is -1.36. The van der Waals surface area contributed by atoms with Crippen LogP contribution in [0.3, 0.4) is 0 Å². The number of hydrazine groups is 1. The molecule has 0 saturated heterocycles. The number of hydrogen-bond acceptors (Lipinski definition) is 3. The number of hydrogen-bond donors (Lipinski definition) is 2. The third-order valence-corrected chi connectivity index (χ3v) is 4.15. The van der Waals surface area contributed by atoms with Gasteiger partial charge in [-0.25, -0.2) is 5.43 Å². The van der Waals surface area contributed by atoms with E-state index in [-0.39, 0.29) is 6.04 Å². The summed E-state index contributed by atoms with van der Waals surface area (Å²) < 4.78 is 6.63. The van der Waals surface area contributed by atoms with Gasteiger partial charge in [-0.3, -0.25) is 5.84 Å². The molecule has 0 aromatic heterocycles. The molecule has 106 valence electrons. The van der Waals surface area contributed by atoms with E-state index in [1.165, 1.54) is 5.56 Å². The van der Waals surface area contributed by atoms with Crippen LogP contribution in [0, 0.1) is 6.92 Å². The quantitative estimate of drug-likeness (QED) is 0.647. The molecule has 3 N–H and O–H groups in total. The van der Waals surface area contributed by atoms with E-state index in [9.17, 15) is 0 Å². The minimum Gasteiger partial charge on any atom is -0.494 e. The zero-order valence-electron chi connectivity index (χ0n) is 11.7. The van der Waals surface area contributed by atoms with E-state index in [1.54, 1.807) is 0 Å². The van der Waals surface area contributed by atoms with E-state index in [4.69, 9.17) is 10.6 Å². The van der Waals surface area contributed by atoms with Gasteiger partial charge < -0.3 is 4.74 Å². The number of halogens is 1. The first-order chi connectivity index (χ1) is 9.67. The van der Waals surface area contributed by atoms with Crippen LogP contribution < -0.4 is 16.0 Å². The van der Waals surface area contributed by atoms with Crippen molar-refractivity contribution >= 4 is 15.9 Å². The Labute approximate surface area is 128 Å². The van der Waals surface area contributed by atoms with Gasteiger partial charge in [-0.1, -0.05) is 40.2 Å². The summed E-state index contributed by atoms with van der Waals surface area (Å²) in [5.41, 5.74) is 6.31. The molecule has 4 heteroatoms. The molecule has 0 aliphatic heterocycles. The lowest BCUT2D eigenvalue weighted by molar-refractivity contribution is 0.339. The molecule has 2 rings (SSSR count). The summed E-state index contributed by atoms with van der Waals surface area (Å²) in [6.07, 6.45) is 0. The van der Waals surface area contributed by atoms with Gasteiger partial charge in [0, 0.05) is 4.47 Å². The SMILES string of the molecule is CCOc1cccc(C(NN)c2cccc(Br)c2C)c1. The van der Waals surface area contributed by atoms with Crippen molar-refractivity contribution in [1.82, 2.24) is 5.43 Å². The fraction of sp³-hybridized carbons (Fsp3) is 0.250. The summed E-state index contributed by atoms with van der Waals surface area (Å²) in [5.74, 6) is 6.63. The first-order valence-electron chi connectivity index (χ1n) is 6.61. The van der Waals surface area contributed by atoms with Gasteiger partial charge in [-0.15, -0.1) is 0 Å². The Morgan fingerprint density at radius 2 is 2.00 bits per heavy atom. The predicted molar refractivity (Wildman–Crippen MR) is 85.7 cm³/mol. The van der Waals surface area contributed by atoms with Crippen molar-refractivity contribution in [2.24, 2.45) is 5.84 Å². The lowest BCUT2D eigenvalue weighted by atomic mass is 9.95. The standard InChI is InChI=1S/C16H19BrN2O/c1-3-20-13-7-4-6-12(10-13)16(19-18)14-8-5-9-15(17)11(14)2/h4-10,16,19H,3,18H2,1-2H3. The normalized spacial score (nSPS) is 12.2. The van der Waals surface area contributed by atoms with E-state index < -0.39 is 0 Å². The minimum atomic E-state index is -0.0621. The van der Waals surface area contributed by atoms with Crippen LogP contribution in [0.2, 0.25) is 0 Å². The van der Waals surface area contributed by atoms with Crippen LogP contribution in [-0.2, 0) is 0 Å². The van der Waals surface area contributed by atoms with Crippen LogP contribution in [0.5, 0.6) is 5.75 Å². The number of nitrogens with two attached hydrogens (primary N) is 1. The van der Waals surface area contributed by atoms with Crippen molar-refractivity contribution in [2.45, 2.75) is 19.9 Å². The number of ether oxygens (including phenoxy) is 1. The predicted octanol–water partition coefficient (Wildman–Crippen LogP) is 3.71. The molecular formula is C16H19BrN2O. The van der Waals surface area contributed by atoms with Gasteiger partial charge in [0.1, 0.15) is 5.75 Å². The Kier molecular flexibility index (Phi) is 5.17. The molecule has 0 amide bonds. The molecule has 0 spiro atoms. The second kappa shape index (κ2) is 6.88. The highest BCUT2D eigenvalue weighted by Crippen LogP contribution is 2.30. The maximum Gasteiger partial charge on any atom is 0.119 e. The van der Waals surface area contributed by atoms with Crippen molar-refractivity contribution < 1.29 is 4.74 Å². The third-order valence-electron chi connectivity index (χ3n) is 3.29. The first-order valence-corrected chi connectivity index (χ1v) is 7.40. The maximum atomic E-state index is 5.77. The summed E-state index contributed by atoms with van der Waals surface area (Å²) in [5, 5.41) is 0. The third kappa shape index (κ3) is 3.20. The van der Waals surface area contributed by atoms with Crippen molar-refractivity contribution in [2.75, 3.05) is 6.61 Å². The topological polar surface area (TPSA) is 47.3 Å². The summed E-state index contributed by atoms with van der Waals surface area (Å²) in [6.45, 7) is 4.71. The van der Waals surface area contributed by atoms with E-state index in [0.29, 0.717) is 6.61 Å². The van der Waals surface area contributed by atoms with Crippen molar-refractivity contribution in [3.63, 3.8) is 0 Å². The summed E-state index contributed by atoms with van der Waals surface area (Å²) in [6, 6.07) is 14.1. The van der Waals surface area contributed by atoms with Crippen molar-refractivity contribution in [3.05, 3.63) is 63.6 Å². The minimum absolute atomic E-state index is 0.0621. The zero-order valence-corrected chi connectivity index (χ0v) is 13.3. The van der Waals surface area contributed by atoms with Gasteiger partial charge in [-0.05, 0) is 48.7 Å². The van der Waals surface area contributed by atoms with Gasteiger partial charge in [0.25, 0.3) is 0 Å².